The highest BCUT2D eigenvalue weighted by Gasteiger charge is 2.28. The van der Waals surface area contributed by atoms with E-state index in [2.05, 4.69) is 5.32 Å². The zero-order chi connectivity index (χ0) is 20.9. The summed E-state index contributed by atoms with van der Waals surface area (Å²) in [5.41, 5.74) is 3.24. The normalized spacial score (nSPS) is 12.5. The van der Waals surface area contributed by atoms with Gasteiger partial charge in [-0.1, -0.05) is 43.2 Å². The number of nitrogens with one attached hydrogen (secondary N) is 1. The van der Waals surface area contributed by atoms with Crippen LogP contribution in [0.5, 0.6) is 0 Å². The van der Waals surface area contributed by atoms with Crippen molar-refractivity contribution in [2.75, 3.05) is 10.8 Å². The van der Waals surface area contributed by atoms with Crippen molar-refractivity contribution in [1.29, 1.82) is 0 Å². The first-order valence-corrected chi connectivity index (χ1v) is 11.0. The lowest BCUT2D eigenvalue weighted by atomic mass is 10.1. The van der Waals surface area contributed by atoms with Crippen LogP contribution in [0.3, 0.4) is 0 Å². The molecule has 0 fully saturated rings. The van der Waals surface area contributed by atoms with Crippen molar-refractivity contribution in [2.45, 2.75) is 58.4 Å². The van der Waals surface area contributed by atoms with Crippen molar-refractivity contribution in [3.63, 3.8) is 0 Å². The van der Waals surface area contributed by atoms with Crippen molar-refractivity contribution in [2.24, 2.45) is 0 Å². The number of hydrogen-bond donors (Lipinski definition) is 1. The van der Waals surface area contributed by atoms with Crippen LogP contribution in [0, 0.1) is 20.8 Å². The molecule has 2 rings (SSSR count). The third-order valence-electron chi connectivity index (χ3n) is 4.66. The minimum absolute atomic E-state index is 0.0000327. The van der Waals surface area contributed by atoms with E-state index in [0.29, 0.717) is 5.69 Å². The molecule has 0 bridgehead atoms. The van der Waals surface area contributed by atoms with Gasteiger partial charge in [-0.05, 0) is 63.4 Å². The minimum atomic E-state index is -3.88. The van der Waals surface area contributed by atoms with Crippen LogP contribution in [0.2, 0.25) is 0 Å². The van der Waals surface area contributed by atoms with E-state index >= 15 is 0 Å². The van der Waals surface area contributed by atoms with Gasteiger partial charge in [-0.15, -0.1) is 0 Å². The second kappa shape index (κ2) is 9.24. The highest BCUT2D eigenvalue weighted by atomic mass is 32.2. The summed E-state index contributed by atoms with van der Waals surface area (Å²) in [4.78, 5) is 12.8. The summed E-state index contributed by atoms with van der Waals surface area (Å²) in [7, 11) is -3.88. The lowest BCUT2D eigenvalue weighted by molar-refractivity contribution is -0.120. The number of sulfonamides is 1. The molecule has 0 saturated carbocycles. The van der Waals surface area contributed by atoms with Gasteiger partial charge in [0.1, 0.15) is 6.54 Å². The Morgan fingerprint density at radius 1 is 1.04 bits per heavy atom. The number of amides is 1. The van der Waals surface area contributed by atoms with Gasteiger partial charge in [-0.2, -0.15) is 0 Å². The minimum Gasteiger partial charge on any atom is -0.352 e. The summed E-state index contributed by atoms with van der Waals surface area (Å²) >= 11 is 0. The molecule has 0 aliphatic carbocycles. The molecule has 5 nitrogen and oxygen atoms in total. The van der Waals surface area contributed by atoms with Crippen LogP contribution < -0.4 is 9.62 Å². The molecule has 2 aromatic carbocycles. The highest BCUT2D eigenvalue weighted by Crippen LogP contribution is 2.28. The summed E-state index contributed by atoms with van der Waals surface area (Å²) in [6, 6.07) is 12.3. The predicted molar refractivity (Wildman–Crippen MR) is 114 cm³/mol. The van der Waals surface area contributed by atoms with E-state index in [-0.39, 0.29) is 23.4 Å². The number of nitrogens with zero attached hydrogens (tertiary/aromatic N) is 1. The van der Waals surface area contributed by atoms with Crippen molar-refractivity contribution in [3.8, 4) is 0 Å². The summed E-state index contributed by atoms with van der Waals surface area (Å²) in [6.07, 6.45) is 1.80. The van der Waals surface area contributed by atoms with Crippen LogP contribution in [0.25, 0.3) is 0 Å². The highest BCUT2D eigenvalue weighted by molar-refractivity contribution is 7.92. The van der Waals surface area contributed by atoms with E-state index in [1.165, 1.54) is 4.31 Å². The fourth-order valence-corrected chi connectivity index (χ4v) is 4.56. The second-order valence-corrected chi connectivity index (χ2v) is 9.23. The fourth-order valence-electron chi connectivity index (χ4n) is 3.08. The molecule has 28 heavy (non-hydrogen) atoms. The topological polar surface area (TPSA) is 66.5 Å². The van der Waals surface area contributed by atoms with E-state index in [1.807, 2.05) is 52.8 Å². The van der Waals surface area contributed by atoms with Crippen LogP contribution in [0.15, 0.2) is 47.4 Å². The Morgan fingerprint density at radius 2 is 1.64 bits per heavy atom. The maximum absolute atomic E-state index is 13.4. The summed E-state index contributed by atoms with van der Waals surface area (Å²) in [5, 5.41) is 2.90. The van der Waals surface area contributed by atoms with Gasteiger partial charge in [0.2, 0.25) is 5.91 Å². The lowest BCUT2D eigenvalue weighted by Crippen LogP contribution is -2.43. The molecule has 0 radical (unpaired) electrons. The molecule has 0 spiro atoms. The van der Waals surface area contributed by atoms with Gasteiger partial charge in [-0.25, -0.2) is 8.42 Å². The van der Waals surface area contributed by atoms with Crippen LogP contribution in [-0.2, 0) is 14.8 Å². The van der Waals surface area contributed by atoms with Crippen LogP contribution in [0.1, 0.15) is 43.4 Å². The molecule has 1 atom stereocenters. The van der Waals surface area contributed by atoms with Gasteiger partial charge >= 0.3 is 0 Å². The number of benzene rings is 2. The number of aryl methyl sites for hydroxylation is 3. The first-order valence-electron chi connectivity index (χ1n) is 9.61. The van der Waals surface area contributed by atoms with Gasteiger partial charge in [0.15, 0.2) is 0 Å². The Bertz CT molecular complexity index is 921. The predicted octanol–water partition coefficient (Wildman–Crippen LogP) is 4.11. The van der Waals surface area contributed by atoms with E-state index in [4.69, 9.17) is 0 Å². The molecule has 1 N–H and O–H groups in total. The van der Waals surface area contributed by atoms with Gasteiger partial charge in [0.05, 0.1) is 10.6 Å². The number of rotatable bonds is 8. The zero-order valence-corrected chi connectivity index (χ0v) is 18.1. The Labute approximate surface area is 168 Å². The molecule has 2 aromatic rings. The van der Waals surface area contributed by atoms with E-state index in [1.54, 1.807) is 24.3 Å². The molecule has 0 aromatic heterocycles. The van der Waals surface area contributed by atoms with Crippen LogP contribution in [0.4, 0.5) is 5.69 Å². The smallest absolute Gasteiger partial charge is 0.264 e. The Morgan fingerprint density at radius 3 is 2.25 bits per heavy atom. The number of carbonyl (C=O) groups is 1. The molecule has 1 amide bonds. The van der Waals surface area contributed by atoms with Crippen molar-refractivity contribution < 1.29 is 13.2 Å². The largest absolute Gasteiger partial charge is 0.352 e. The van der Waals surface area contributed by atoms with E-state index in [9.17, 15) is 13.2 Å². The maximum Gasteiger partial charge on any atom is 0.264 e. The average molecular weight is 403 g/mol. The lowest BCUT2D eigenvalue weighted by Gasteiger charge is -2.26. The summed E-state index contributed by atoms with van der Waals surface area (Å²) in [5.74, 6) is -0.308. The maximum atomic E-state index is 13.4. The second-order valence-electron chi connectivity index (χ2n) is 7.37. The van der Waals surface area contributed by atoms with E-state index in [0.717, 1.165) is 29.5 Å². The quantitative estimate of drug-likeness (QED) is 0.722. The Balaban J connectivity index is 2.45. The fraction of sp³-hybridized carbons (Fsp3) is 0.409. The van der Waals surface area contributed by atoms with Gasteiger partial charge in [0.25, 0.3) is 10.0 Å². The first kappa shape index (κ1) is 22.0. The molecule has 0 saturated heterocycles. The first-order chi connectivity index (χ1) is 13.1. The van der Waals surface area contributed by atoms with Crippen LogP contribution in [-0.4, -0.2) is 26.9 Å². The number of hydrogen-bond acceptors (Lipinski definition) is 3. The SMILES string of the molecule is CCC[C@H](C)NC(=O)CN(c1cc(C)ccc1C)S(=O)(=O)c1ccc(C)cc1. The van der Waals surface area contributed by atoms with Crippen LogP contribution >= 0.6 is 0 Å². The molecule has 0 aliphatic rings. The number of anilines is 1. The summed E-state index contributed by atoms with van der Waals surface area (Å²) in [6.45, 7) is 9.38. The number of carbonyl (C=O) groups excluding carboxylic acids is 1. The van der Waals surface area contributed by atoms with Gasteiger partial charge in [-0.3, -0.25) is 9.10 Å². The van der Waals surface area contributed by atoms with E-state index < -0.39 is 10.0 Å². The molecule has 0 aliphatic heterocycles. The molecular formula is C22H30N2O3S. The van der Waals surface area contributed by atoms with Crippen molar-refractivity contribution in [1.82, 2.24) is 5.32 Å². The Kier molecular flexibility index (Phi) is 7.24. The monoisotopic (exact) mass is 402 g/mol. The third-order valence-corrected chi connectivity index (χ3v) is 6.43. The summed E-state index contributed by atoms with van der Waals surface area (Å²) < 4.78 is 28.0. The van der Waals surface area contributed by atoms with Crippen molar-refractivity contribution >= 4 is 21.6 Å². The van der Waals surface area contributed by atoms with Gasteiger partial charge < -0.3 is 5.32 Å². The molecular weight excluding hydrogens is 372 g/mol. The third kappa shape index (κ3) is 5.35. The Hall–Kier alpha value is -2.34. The van der Waals surface area contributed by atoms with Crippen molar-refractivity contribution in [3.05, 3.63) is 59.2 Å². The zero-order valence-electron chi connectivity index (χ0n) is 17.3. The molecule has 152 valence electrons. The molecule has 0 unspecified atom stereocenters. The average Bonchev–Trinajstić information content (AvgIpc) is 2.62. The molecule has 6 heteroatoms. The van der Waals surface area contributed by atoms with Gasteiger partial charge in [0, 0.05) is 6.04 Å². The molecule has 0 heterocycles. The standard InChI is InChI=1S/C22H30N2O3S/c1-6-7-19(5)23-22(25)15-24(21-14-17(3)8-11-18(21)4)28(26,27)20-12-9-16(2)10-13-20/h8-14,19H,6-7,15H2,1-5H3,(H,23,25)/t19-/m0/s1.